The van der Waals surface area contributed by atoms with Crippen LogP contribution in [0.4, 0.5) is 5.69 Å². The van der Waals surface area contributed by atoms with Gasteiger partial charge >= 0.3 is 5.69 Å². The molecule has 1 aromatic carbocycles. The number of rotatable bonds is 7. The van der Waals surface area contributed by atoms with Crippen molar-refractivity contribution < 1.29 is 19.0 Å². The number of hydrogen-bond donors (Lipinski definition) is 1. The van der Waals surface area contributed by atoms with Gasteiger partial charge < -0.3 is 14.6 Å². The smallest absolute Gasteiger partial charge is 0.310 e. The molecule has 0 radical (unpaired) electrons. The zero-order valence-corrected chi connectivity index (χ0v) is 12.7. The Kier molecular flexibility index (Phi) is 5.23. The highest BCUT2D eigenvalue weighted by Crippen LogP contribution is 2.27. The van der Waals surface area contributed by atoms with Gasteiger partial charge in [-0.3, -0.25) is 14.9 Å². The van der Waals surface area contributed by atoms with Crippen LogP contribution in [0.25, 0.3) is 0 Å². The molecule has 1 heterocycles. The molecule has 2 rings (SSSR count). The van der Waals surface area contributed by atoms with E-state index < -0.39 is 11.0 Å². The van der Waals surface area contributed by atoms with E-state index in [4.69, 9.17) is 4.74 Å². The van der Waals surface area contributed by atoms with Crippen molar-refractivity contribution in [2.75, 3.05) is 6.61 Å². The van der Waals surface area contributed by atoms with E-state index in [1.165, 1.54) is 12.5 Å². The number of benzene rings is 1. The summed E-state index contributed by atoms with van der Waals surface area (Å²) in [6.07, 6.45) is 1.23. The van der Waals surface area contributed by atoms with Gasteiger partial charge in [-0.05, 0) is 25.5 Å². The molecule has 1 aromatic heterocycles. The second-order valence-electron chi connectivity index (χ2n) is 4.91. The number of nitro groups is 1. The number of nitrogens with zero attached hydrogens (tertiary/aromatic N) is 3. The van der Waals surface area contributed by atoms with Crippen molar-refractivity contribution in [2.45, 2.75) is 26.3 Å². The number of amides is 1. The number of carbonyl (C=O) groups is 1. The predicted octanol–water partition coefficient (Wildman–Crippen LogP) is 1.93. The van der Waals surface area contributed by atoms with Crippen LogP contribution in [0, 0.1) is 17.0 Å². The van der Waals surface area contributed by atoms with Crippen LogP contribution in [0.5, 0.6) is 5.75 Å². The van der Waals surface area contributed by atoms with E-state index in [0.29, 0.717) is 5.82 Å². The largest absolute Gasteiger partial charge is 0.486 e. The lowest BCUT2D eigenvalue weighted by molar-refractivity contribution is -0.385. The lowest BCUT2D eigenvalue weighted by Gasteiger charge is -2.11. The number of aryl methyl sites for hydroxylation is 1. The predicted molar refractivity (Wildman–Crippen MR) is 78.8 cm³/mol. The first-order chi connectivity index (χ1) is 11.0. The molecular weight excluding hydrogens is 304 g/mol. The Labute approximate surface area is 131 Å². The number of carbonyl (C=O) groups excluding carboxylic acids is 1. The Hall–Kier alpha value is -2.97. The molecule has 9 heteroatoms. The summed E-state index contributed by atoms with van der Waals surface area (Å²) in [5.74, 6) is 0.236. The first-order valence-electron chi connectivity index (χ1n) is 6.91. The lowest BCUT2D eigenvalue weighted by atomic mass is 10.2. The monoisotopic (exact) mass is 320 g/mol. The molecular formula is C14H16N4O5. The van der Waals surface area contributed by atoms with Crippen LogP contribution >= 0.6 is 0 Å². The number of aromatic nitrogens is 2. The molecule has 0 bridgehead atoms. The number of ether oxygens (including phenoxy) is 1. The average molecular weight is 320 g/mol. The Balaban J connectivity index is 1.86. The minimum Gasteiger partial charge on any atom is -0.486 e. The van der Waals surface area contributed by atoms with Gasteiger partial charge in [0.1, 0.15) is 0 Å². The van der Waals surface area contributed by atoms with Crippen LogP contribution in [-0.4, -0.2) is 27.6 Å². The molecule has 0 aliphatic carbocycles. The number of nitrogens with one attached hydrogen (secondary N) is 1. The van der Waals surface area contributed by atoms with Crippen molar-refractivity contribution in [3.8, 4) is 5.75 Å². The highest BCUT2D eigenvalue weighted by atomic mass is 16.6. The summed E-state index contributed by atoms with van der Waals surface area (Å²) in [7, 11) is 0. The van der Waals surface area contributed by atoms with Crippen LogP contribution in [0.15, 0.2) is 29.1 Å². The van der Waals surface area contributed by atoms with Gasteiger partial charge in [-0.2, -0.15) is 4.98 Å². The van der Waals surface area contributed by atoms with E-state index in [0.717, 1.165) is 5.56 Å². The minimum atomic E-state index is -0.521. The maximum Gasteiger partial charge on any atom is 0.310 e. The van der Waals surface area contributed by atoms with Crippen molar-refractivity contribution in [3.63, 3.8) is 0 Å². The summed E-state index contributed by atoms with van der Waals surface area (Å²) in [6.45, 7) is 3.54. The fourth-order valence-corrected chi connectivity index (χ4v) is 1.89. The van der Waals surface area contributed by atoms with Gasteiger partial charge in [0.05, 0.1) is 24.0 Å². The molecule has 23 heavy (non-hydrogen) atoms. The normalized spacial score (nSPS) is 11.7. The van der Waals surface area contributed by atoms with Crippen LogP contribution in [-0.2, 0) is 4.79 Å². The Morgan fingerprint density at radius 2 is 2.30 bits per heavy atom. The number of nitro benzene ring substituents is 1. The summed E-state index contributed by atoms with van der Waals surface area (Å²) >= 11 is 0. The van der Waals surface area contributed by atoms with Crippen molar-refractivity contribution in [2.24, 2.45) is 0 Å². The van der Waals surface area contributed by atoms with E-state index in [1.54, 1.807) is 26.0 Å². The molecule has 0 fully saturated rings. The minimum absolute atomic E-state index is 0.0229. The molecule has 0 aliphatic rings. The molecule has 9 nitrogen and oxygen atoms in total. The van der Waals surface area contributed by atoms with Crippen molar-refractivity contribution in [1.82, 2.24) is 15.5 Å². The Morgan fingerprint density at radius 1 is 1.52 bits per heavy atom. The molecule has 1 atom stereocenters. The van der Waals surface area contributed by atoms with Gasteiger partial charge in [0.2, 0.25) is 12.3 Å². The highest BCUT2D eigenvalue weighted by molar-refractivity contribution is 5.76. The van der Waals surface area contributed by atoms with E-state index in [2.05, 4.69) is 20.0 Å². The third-order valence-electron chi connectivity index (χ3n) is 3.04. The first-order valence-corrected chi connectivity index (χ1v) is 6.91. The van der Waals surface area contributed by atoms with E-state index >= 15 is 0 Å². The SMILES string of the molecule is Cc1ccc([N+](=O)[O-])c(OCCC(=O)NC(C)c2ncon2)c1. The first kappa shape index (κ1) is 16.4. The molecule has 0 saturated heterocycles. The van der Waals surface area contributed by atoms with Crippen molar-refractivity contribution in [3.05, 3.63) is 46.1 Å². The van der Waals surface area contributed by atoms with Crippen LogP contribution in [0.1, 0.15) is 30.8 Å². The third kappa shape index (κ3) is 4.50. The summed E-state index contributed by atoms with van der Waals surface area (Å²) in [5, 5.41) is 17.2. The van der Waals surface area contributed by atoms with Crippen molar-refractivity contribution >= 4 is 11.6 Å². The van der Waals surface area contributed by atoms with Gasteiger partial charge in [-0.1, -0.05) is 11.2 Å². The Bertz CT molecular complexity index is 686. The quantitative estimate of drug-likeness (QED) is 0.611. The molecule has 0 saturated carbocycles. The molecule has 0 spiro atoms. The molecule has 1 N–H and O–H groups in total. The number of hydrogen-bond acceptors (Lipinski definition) is 7. The summed E-state index contributed by atoms with van der Waals surface area (Å²) < 4.78 is 9.97. The maximum atomic E-state index is 11.8. The standard InChI is InChI=1S/C14H16N4O5/c1-9-3-4-11(18(20)21)12(7-9)22-6-5-13(19)16-10(2)14-15-8-23-17-14/h3-4,7-8,10H,5-6H2,1-2H3,(H,16,19). The average Bonchev–Trinajstić information content (AvgIpc) is 3.01. The second-order valence-corrected chi connectivity index (χ2v) is 4.91. The molecule has 1 unspecified atom stereocenters. The van der Waals surface area contributed by atoms with Crippen LogP contribution in [0.3, 0.4) is 0 Å². The fourth-order valence-electron chi connectivity index (χ4n) is 1.89. The highest BCUT2D eigenvalue weighted by Gasteiger charge is 2.16. The van der Waals surface area contributed by atoms with Crippen molar-refractivity contribution in [1.29, 1.82) is 0 Å². The fraction of sp³-hybridized carbons (Fsp3) is 0.357. The topological polar surface area (TPSA) is 120 Å². The zero-order valence-electron chi connectivity index (χ0n) is 12.7. The zero-order chi connectivity index (χ0) is 16.8. The van der Waals surface area contributed by atoms with Gasteiger partial charge in [0, 0.05) is 6.07 Å². The van der Waals surface area contributed by atoms with Gasteiger partial charge in [0.15, 0.2) is 11.6 Å². The molecule has 1 amide bonds. The second kappa shape index (κ2) is 7.34. The van der Waals surface area contributed by atoms with Gasteiger partial charge in [0.25, 0.3) is 0 Å². The lowest BCUT2D eigenvalue weighted by Crippen LogP contribution is -2.28. The van der Waals surface area contributed by atoms with Crippen LogP contribution < -0.4 is 10.1 Å². The Morgan fingerprint density at radius 3 is 2.96 bits per heavy atom. The third-order valence-corrected chi connectivity index (χ3v) is 3.04. The van der Waals surface area contributed by atoms with Gasteiger partial charge in [-0.25, -0.2) is 0 Å². The van der Waals surface area contributed by atoms with E-state index in [-0.39, 0.29) is 30.4 Å². The van der Waals surface area contributed by atoms with Crippen LogP contribution in [0.2, 0.25) is 0 Å². The molecule has 122 valence electrons. The van der Waals surface area contributed by atoms with Gasteiger partial charge in [-0.15, -0.1) is 0 Å². The summed E-state index contributed by atoms with van der Waals surface area (Å²) in [4.78, 5) is 26.1. The molecule has 0 aliphatic heterocycles. The summed E-state index contributed by atoms with van der Waals surface area (Å²) in [5.41, 5.74) is 0.706. The molecule has 2 aromatic rings. The van der Waals surface area contributed by atoms with E-state index in [9.17, 15) is 14.9 Å². The maximum absolute atomic E-state index is 11.8. The summed E-state index contributed by atoms with van der Waals surface area (Å²) in [6, 6.07) is 4.18. The van der Waals surface area contributed by atoms with E-state index in [1.807, 2.05) is 0 Å².